The zero-order valence-corrected chi connectivity index (χ0v) is 14.1. The van der Waals surface area contributed by atoms with Gasteiger partial charge in [0.25, 0.3) is 0 Å². The molecule has 0 radical (unpaired) electrons. The number of carbonyl (C=O) groups is 1. The Labute approximate surface area is 136 Å². The van der Waals surface area contributed by atoms with Crippen molar-refractivity contribution in [3.05, 3.63) is 29.8 Å². The van der Waals surface area contributed by atoms with Crippen LogP contribution in [0.2, 0.25) is 0 Å². The molecule has 2 heterocycles. The topological polar surface area (TPSA) is 77.9 Å². The molecule has 2 aliphatic rings. The molecule has 23 heavy (non-hydrogen) atoms. The van der Waals surface area contributed by atoms with Crippen LogP contribution in [-0.4, -0.2) is 61.9 Å². The lowest BCUT2D eigenvalue weighted by Gasteiger charge is -2.39. The third-order valence-corrected chi connectivity index (χ3v) is 6.82. The van der Waals surface area contributed by atoms with Crippen LogP contribution in [0, 0.1) is 5.41 Å². The number of carboxylic acid groups (broad SMARTS) is 1. The number of rotatable bonds is 3. The van der Waals surface area contributed by atoms with Crippen LogP contribution in [-0.2, 0) is 10.0 Å². The average molecular weight is 338 g/mol. The summed E-state index contributed by atoms with van der Waals surface area (Å²) in [6, 6.07) is 5.62. The molecule has 0 aliphatic carbocycles. The molecule has 2 saturated heterocycles. The van der Waals surface area contributed by atoms with Gasteiger partial charge < -0.3 is 10.0 Å². The van der Waals surface area contributed by atoms with Crippen molar-refractivity contribution in [3.8, 4) is 0 Å². The first-order chi connectivity index (χ1) is 10.8. The van der Waals surface area contributed by atoms with Gasteiger partial charge in [-0.05, 0) is 56.5 Å². The third-order valence-electron chi connectivity index (χ3n) is 4.97. The quantitative estimate of drug-likeness (QED) is 0.903. The van der Waals surface area contributed by atoms with Crippen molar-refractivity contribution in [1.82, 2.24) is 9.21 Å². The first kappa shape index (κ1) is 16.4. The van der Waals surface area contributed by atoms with Crippen LogP contribution in [0.5, 0.6) is 0 Å². The van der Waals surface area contributed by atoms with E-state index in [1.807, 2.05) is 0 Å². The van der Waals surface area contributed by atoms with Crippen molar-refractivity contribution >= 4 is 16.0 Å². The van der Waals surface area contributed by atoms with Gasteiger partial charge in [0.15, 0.2) is 0 Å². The zero-order valence-electron chi connectivity index (χ0n) is 13.2. The molecule has 0 aromatic heterocycles. The van der Waals surface area contributed by atoms with Crippen molar-refractivity contribution < 1.29 is 18.3 Å². The van der Waals surface area contributed by atoms with E-state index in [9.17, 15) is 13.2 Å². The Bertz CT molecular complexity index is 715. The normalized spacial score (nSPS) is 26.7. The monoisotopic (exact) mass is 338 g/mol. The average Bonchev–Trinajstić information content (AvgIpc) is 2.87. The Kier molecular flexibility index (Phi) is 4.20. The van der Waals surface area contributed by atoms with E-state index in [1.165, 1.54) is 28.6 Å². The molecular formula is C16H22N2O4S. The van der Waals surface area contributed by atoms with Crippen molar-refractivity contribution in [3.63, 3.8) is 0 Å². The number of likely N-dealkylation sites (tertiary alicyclic amines) is 1. The minimum atomic E-state index is -3.65. The number of piperidine rings is 1. The molecule has 1 spiro atoms. The van der Waals surface area contributed by atoms with Gasteiger partial charge in [-0.3, -0.25) is 0 Å². The Morgan fingerprint density at radius 1 is 1.22 bits per heavy atom. The minimum Gasteiger partial charge on any atom is -0.478 e. The van der Waals surface area contributed by atoms with E-state index in [2.05, 4.69) is 11.9 Å². The van der Waals surface area contributed by atoms with E-state index in [1.54, 1.807) is 0 Å². The maximum absolute atomic E-state index is 12.9. The minimum absolute atomic E-state index is 0.00148. The summed E-state index contributed by atoms with van der Waals surface area (Å²) in [6.45, 7) is 2.96. The predicted octanol–water partition coefficient (Wildman–Crippen LogP) is 1.49. The second-order valence-corrected chi connectivity index (χ2v) is 8.70. The summed E-state index contributed by atoms with van der Waals surface area (Å²) >= 11 is 0. The van der Waals surface area contributed by atoms with Crippen molar-refractivity contribution in [1.29, 1.82) is 0 Å². The molecule has 126 valence electrons. The molecule has 7 heteroatoms. The summed E-state index contributed by atoms with van der Waals surface area (Å²) in [6.07, 6.45) is 2.93. The summed E-state index contributed by atoms with van der Waals surface area (Å²) in [7, 11) is -1.58. The summed E-state index contributed by atoms with van der Waals surface area (Å²) in [5.74, 6) is -1.12. The van der Waals surface area contributed by atoms with Gasteiger partial charge in [0.05, 0.1) is 10.5 Å². The summed E-state index contributed by atoms with van der Waals surface area (Å²) < 4.78 is 27.3. The zero-order chi connectivity index (χ0) is 16.7. The molecule has 0 bridgehead atoms. The number of carboxylic acids is 1. The maximum atomic E-state index is 12.9. The van der Waals surface area contributed by atoms with Crippen LogP contribution in [0.25, 0.3) is 0 Å². The smallest absolute Gasteiger partial charge is 0.335 e. The van der Waals surface area contributed by atoms with Gasteiger partial charge in [0, 0.05) is 19.6 Å². The largest absolute Gasteiger partial charge is 0.478 e. The van der Waals surface area contributed by atoms with Gasteiger partial charge in [0.2, 0.25) is 10.0 Å². The van der Waals surface area contributed by atoms with E-state index in [0.717, 1.165) is 32.4 Å². The Morgan fingerprint density at radius 3 is 2.65 bits per heavy atom. The molecule has 1 N–H and O–H groups in total. The van der Waals surface area contributed by atoms with Crippen LogP contribution in [0.1, 0.15) is 29.6 Å². The van der Waals surface area contributed by atoms with Crippen LogP contribution >= 0.6 is 0 Å². The number of hydrogen-bond donors (Lipinski definition) is 1. The van der Waals surface area contributed by atoms with Gasteiger partial charge in [-0.2, -0.15) is 4.31 Å². The second kappa shape index (κ2) is 5.89. The standard InChI is InChI=1S/C16H22N2O4S/c1-17-9-7-16(11-17)6-3-8-18(12-16)23(21,22)14-5-2-4-13(10-14)15(19)20/h2,4-5,10H,3,6-9,11-12H2,1H3,(H,19,20). The first-order valence-corrected chi connectivity index (χ1v) is 9.29. The number of sulfonamides is 1. The van der Waals surface area contributed by atoms with E-state index >= 15 is 0 Å². The number of benzene rings is 1. The molecule has 2 fully saturated rings. The highest BCUT2D eigenvalue weighted by Crippen LogP contribution is 2.39. The highest BCUT2D eigenvalue weighted by molar-refractivity contribution is 7.89. The number of nitrogens with zero attached hydrogens (tertiary/aromatic N) is 2. The Hall–Kier alpha value is -1.44. The molecule has 2 aliphatic heterocycles. The molecule has 1 aromatic rings. The molecule has 3 rings (SSSR count). The lowest BCUT2D eigenvalue weighted by molar-refractivity contribution is 0.0696. The van der Waals surface area contributed by atoms with Crippen molar-refractivity contribution in [2.75, 3.05) is 33.2 Å². The van der Waals surface area contributed by atoms with E-state index in [-0.39, 0.29) is 15.9 Å². The second-order valence-electron chi connectivity index (χ2n) is 6.76. The Morgan fingerprint density at radius 2 is 2.00 bits per heavy atom. The highest BCUT2D eigenvalue weighted by Gasteiger charge is 2.43. The fourth-order valence-electron chi connectivity index (χ4n) is 3.80. The van der Waals surface area contributed by atoms with Gasteiger partial charge >= 0.3 is 5.97 Å². The Balaban J connectivity index is 1.87. The van der Waals surface area contributed by atoms with Crippen LogP contribution in [0.3, 0.4) is 0 Å². The van der Waals surface area contributed by atoms with Crippen molar-refractivity contribution in [2.45, 2.75) is 24.2 Å². The highest BCUT2D eigenvalue weighted by atomic mass is 32.2. The fraction of sp³-hybridized carbons (Fsp3) is 0.562. The van der Waals surface area contributed by atoms with Crippen molar-refractivity contribution in [2.24, 2.45) is 5.41 Å². The maximum Gasteiger partial charge on any atom is 0.335 e. The molecule has 6 nitrogen and oxygen atoms in total. The summed E-state index contributed by atoms with van der Waals surface area (Å²) in [5.41, 5.74) is 0.0446. The molecule has 1 atom stereocenters. The van der Waals surface area contributed by atoms with E-state index in [4.69, 9.17) is 5.11 Å². The van der Waals surface area contributed by atoms with E-state index < -0.39 is 16.0 Å². The SMILES string of the molecule is CN1CCC2(CCCN(S(=O)(=O)c3cccc(C(=O)O)c3)C2)C1. The first-order valence-electron chi connectivity index (χ1n) is 7.85. The van der Waals surface area contributed by atoms with Gasteiger partial charge in [-0.1, -0.05) is 6.07 Å². The number of hydrogen-bond acceptors (Lipinski definition) is 4. The van der Waals surface area contributed by atoms with Gasteiger partial charge in [0.1, 0.15) is 0 Å². The van der Waals surface area contributed by atoms with Crippen LogP contribution in [0.15, 0.2) is 29.2 Å². The van der Waals surface area contributed by atoms with Gasteiger partial charge in [-0.25, -0.2) is 13.2 Å². The van der Waals surface area contributed by atoms with Gasteiger partial charge in [-0.15, -0.1) is 0 Å². The molecule has 0 saturated carbocycles. The molecular weight excluding hydrogens is 316 g/mol. The predicted molar refractivity (Wildman–Crippen MR) is 85.9 cm³/mol. The summed E-state index contributed by atoms with van der Waals surface area (Å²) in [5, 5.41) is 9.07. The number of aromatic carboxylic acids is 1. The molecule has 1 unspecified atom stereocenters. The van der Waals surface area contributed by atoms with Crippen LogP contribution in [0.4, 0.5) is 0 Å². The lowest BCUT2D eigenvalue weighted by atomic mass is 9.80. The summed E-state index contributed by atoms with van der Waals surface area (Å²) in [4.78, 5) is 13.4. The fourth-order valence-corrected chi connectivity index (χ4v) is 5.44. The molecule has 0 amide bonds. The van der Waals surface area contributed by atoms with Crippen LogP contribution < -0.4 is 0 Å². The van der Waals surface area contributed by atoms with E-state index in [0.29, 0.717) is 13.1 Å². The molecule has 1 aromatic carbocycles. The third kappa shape index (κ3) is 3.13. The lowest BCUT2D eigenvalue weighted by Crippen LogP contribution is -2.47.